The zero-order chi connectivity index (χ0) is 28.3. The highest BCUT2D eigenvalue weighted by Gasteiger charge is 2.00. The zero-order valence-electron chi connectivity index (χ0n) is 25.9. The summed E-state index contributed by atoms with van der Waals surface area (Å²) in [5, 5.41) is 3.10. The lowest BCUT2D eigenvalue weighted by Gasteiger charge is -2.05. The standard InChI is InChI=1S/C36H65NO2/c1-2-3-4-5-6-7-8-9-12-15-18-21-24-27-30-33-36(39)37-34-31-28-25-22-19-16-13-10-11-14-17-20-23-26-29-32-35-38/h9-12,16,19,35H,2-8,13-15,17-18,20-34H2,1H3,(H,37,39). The van der Waals surface area contributed by atoms with Crippen LogP contribution in [0.15, 0.2) is 36.5 Å². The minimum absolute atomic E-state index is 0.234. The van der Waals surface area contributed by atoms with Crippen LogP contribution >= 0.6 is 0 Å². The highest BCUT2D eigenvalue weighted by molar-refractivity contribution is 5.75. The summed E-state index contributed by atoms with van der Waals surface area (Å²) < 4.78 is 0. The fourth-order valence-corrected chi connectivity index (χ4v) is 4.76. The second kappa shape index (κ2) is 34.4. The van der Waals surface area contributed by atoms with E-state index in [4.69, 9.17) is 0 Å². The van der Waals surface area contributed by atoms with E-state index in [9.17, 15) is 9.59 Å². The van der Waals surface area contributed by atoms with Gasteiger partial charge < -0.3 is 10.1 Å². The molecule has 226 valence electrons. The van der Waals surface area contributed by atoms with Crippen LogP contribution in [0.1, 0.15) is 174 Å². The largest absolute Gasteiger partial charge is 0.356 e. The van der Waals surface area contributed by atoms with Gasteiger partial charge >= 0.3 is 0 Å². The Hall–Kier alpha value is -1.64. The highest BCUT2D eigenvalue weighted by atomic mass is 16.1. The molecule has 3 nitrogen and oxygen atoms in total. The molecule has 0 aromatic carbocycles. The SMILES string of the molecule is CCCCCCCCC=CCCCCCCCC(=O)NCCCCCC=CCC=CCCCCCCCC=O. The molecule has 1 N–H and O–H groups in total. The van der Waals surface area contributed by atoms with Gasteiger partial charge in [0.2, 0.25) is 5.91 Å². The summed E-state index contributed by atoms with van der Waals surface area (Å²) in [6.07, 6.45) is 46.0. The van der Waals surface area contributed by atoms with Gasteiger partial charge in [0.1, 0.15) is 6.29 Å². The van der Waals surface area contributed by atoms with Gasteiger partial charge in [0.05, 0.1) is 0 Å². The van der Waals surface area contributed by atoms with Crippen LogP contribution in [-0.2, 0) is 9.59 Å². The van der Waals surface area contributed by atoms with Crippen molar-refractivity contribution in [3.05, 3.63) is 36.5 Å². The maximum Gasteiger partial charge on any atom is 0.219 e. The molecule has 1 amide bonds. The summed E-state index contributed by atoms with van der Waals surface area (Å²) in [7, 11) is 0. The minimum atomic E-state index is 0.234. The predicted octanol–water partition coefficient (Wildman–Crippen LogP) is 11.1. The average molecular weight is 544 g/mol. The van der Waals surface area contributed by atoms with Gasteiger partial charge in [0.15, 0.2) is 0 Å². The van der Waals surface area contributed by atoms with Crippen LogP contribution in [0.2, 0.25) is 0 Å². The molecule has 3 heteroatoms. The number of carbonyl (C=O) groups is 2. The Morgan fingerprint density at radius 1 is 0.487 bits per heavy atom. The van der Waals surface area contributed by atoms with Crippen molar-refractivity contribution in [3.8, 4) is 0 Å². The van der Waals surface area contributed by atoms with Crippen molar-refractivity contribution < 1.29 is 9.59 Å². The number of amides is 1. The van der Waals surface area contributed by atoms with Crippen molar-refractivity contribution in [1.29, 1.82) is 0 Å². The van der Waals surface area contributed by atoms with Crippen LogP contribution in [-0.4, -0.2) is 18.7 Å². The van der Waals surface area contributed by atoms with Crippen LogP contribution in [0, 0.1) is 0 Å². The lowest BCUT2D eigenvalue weighted by molar-refractivity contribution is -0.121. The van der Waals surface area contributed by atoms with E-state index in [1.165, 1.54) is 122 Å². The maximum absolute atomic E-state index is 12.0. The van der Waals surface area contributed by atoms with E-state index >= 15 is 0 Å². The molecule has 0 aromatic rings. The molecule has 0 heterocycles. The Kier molecular flexibility index (Phi) is 32.9. The van der Waals surface area contributed by atoms with Gasteiger partial charge in [-0.05, 0) is 77.0 Å². The Balaban J connectivity index is 3.30. The van der Waals surface area contributed by atoms with Gasteiger partial charge in [0, 0.05) is 19.4 Å². The molecule has 0 aliphatic carbocycles. The number of aldehydes is 1. The number of rotatable bonds is 31. The molecule has 0 rings (SSSR count). The van der Waals surface area contributed by atoms with Gasteiger partial charge in [-0.2, -0.15) is 0 Å². The Bertz CT molecular complexity index is 593. The summed E-state index contributed by atoms with van der Waals surface area (Å²) >= 11 is 0. The average Bonchev–Trinajstić information content (AvgIpc) is 2.94. The van der Waals surface area contributed by atoms with Gasteiger partial charge in [-0.1, -0.05) is 120 Å². The number of nitrogens with one attached hydrogen (secondary N) is 1. The first-order chi connectivity index (χ1) is 19.3. The van der Waals surface area contributed by atoms with Crippen molar-refractivity contribution in [2.45, 2.75) is 174 Å². The molecule has 0 saturated carbocycles. The minimum Gasteiger partial charge on any atom is -0.356 e. The first-order valence-electron chi connectivity index (χ1n) is 17.0. The van der Waals surface area contributed by atoms with Gasteiger partial charge in [-0.3, -0.25) is 4.79 Å². The monoisotopic (exact) mass is 544 g/mol. The molecule has 0 atom stereocenters. The van der Waals surface area contributed by atoms with Gasteiger partial charge in [-0.25, -0.2) is 0 Å². The van der Waals surface area contributed by atoms with Crippen LogP contribution in [0.3, 0.4) is 0 Å². The second-order valence-electron chi connectivity index (χ2n) is 11.2. The summed E-state index contributed by atoms with van der Waals surface area (Å²) in [6.45, 7) is 3.10. The predicted molar refractivity (Wildman–Crippen MR) is 172 cm³/mol. The van der Waals surface area contributed by atoms with E-state index < -0.39 is 0 Å². The fourth-order valence-electron chi connectivity index (χ4n) is 4.76. The highest BCUT2D eigenvalue weighted by Crippen LogP contribution is 2.10. The summed E-state index contributed by atoms with van der Waals surface area (Å²) in [4.78, 5) is 22.3. The molecule has 0 radical (unpaired) electrons. The maximum atomic E-state index is 12.0. The first-order valence-corrected chi connectivity index (χ1v) is 17.0. The molecular weight excluding hydrogens is 478 g/mol. The number of allylic oxidation sites excluding steroid dienone is 6. The van der Waals surface area contributed by atoms with E-state index in [0.29, 0.717) is 6.42 Å². The second-order valence-corrected chi connectivity index (χ2v) is 11.2. The molecule has 39 heavy (non-hydrogen) atoms. The van der Waals surface area contributed by atoms with Crippen LogP contribution in [0.25, 0.3) is 0 Å². The molecule has 0 saturated heterocycles. The third-order valence-electron chi connectivity index (χ3n) is 7.33. The van der Waals surface area contributed by atoms with E-state index in [2.05, 4.69) is 48.7 Å². The molecule has 0 aromatic heterocycles. The van der Waals surface area contributed by atoms with Crippen LogP contribution < -0.4 is 5.32 Å². The third-order valence-corrected chi connectivity index (χ3v) is 7.33. The zero-order valence-corrected chi connectivity index (χ0v) is 25.9. The van der Waals surface area contributed by atoms with Gasteiger partial charge in [0.25, 0.3) is 0 Å². The normalized spacial score (nSPS) is 11.8. The number of hydrogen-bond donors (Lipinski definition) is 1. The molecule has 0 aliphatic rings. The van der Waals surface area contributed by atoms with Crippen LogP contribution in [0.4, 0.5) is 0 Å². The topological polar surface area (TPSA) is 46.2 Å². The molecule has 0 spiro atoms. The number of hydrogen-bond acceptors (Lipinski definition) is 2. The van der Waals surface area contributed by atoms with Crippen molar-refractivity contribution >= 4 is 12.2 Å². The summed E-state index contributed by atoms with van der Waals surface area (Å²) in [5.74, 6) is 0.234. The smallest absolute Gasteiger partial charge is 0.219 e. The molecular formula is C36H65NO2. The number of carbonyl (C=O) groups excluding carboxylic acids is 2. The van der Waals surface area contributed by atoms with Crippen molar-refractivity contribution in [2.75, 3.05) is 6.54 Å². The van der Waals surface area contributed by atoms with E-state index in [1.54, 1.807) is 0 Å². The van der Waals surface area contributed by atoms with E-state index in [1.807, 2.05) is 0 Å². The third kappa shape index (κ3) is 34.3. The Morgan fingerprint density at radius 2 is 0.897 bits per heavy atom. The van der Waals surface area contributed by atoms with Crippen molar-refractivity contribution in [2.24, 2.45) is 0 Å². The van der Waals surface area contributed by atoms with E-state index in [0.717, 1.165) is 51.4 Å². The molecule has 0 fully saturated rings. The quantitative estimate of drug-likeness (QED) is 0.0537. The Labute approximate surface area is 243 Å². The summed E-state index contributed by atoms with van der Waals surface area (Å²) in [5.41, 5.74) is 0. The molecule has 0 unspecified atom stereocenters. The van der Waals surface area contributed by atoms with E-state index in [-0.39, 0.29) is 5.91 Å². The Morgan fingerprint density at radius 3 is 1.41 bits per heavy atom. The molecule has 0 bridgehead atoms. The first kappa shape index (κ1) is 37.4. The lowest BCUT2D eigenvalue weighted by atomic mass is 10.1. The van der Waals surface area contributed by atoms with Crippen LogP contribution in [0.5, 0.6) is 0 Å². The molecule has 0 aliphatic heterocycles. The number of unbranched alkanes of at least 4 members (excludes halogenated alkanes) is 20. The lowest BCUT2D eigenvalue weighted by Crippen LogP contribution is -2.23. The fraction of sp³-hybridized carbons (Fsp3) is 0.778. The van der Waals surface area contributed by atoms with Crippen molar-refractivity contribution in [3.63, 3.8) is 0 Å². The van der Waals surface area contributed by atoms with Gasteiger partial charge in [-0.15, -0.1) is 0 Å². The van der Waals surface area contributed by atoms with Crippen molar-refractivity contribution in [1.82, 2.24) is 5.32 Å². The summed E-state index contributed by atoms with van der Waals surface area (Å²) in [6, 6.07) is 0.